The molecular weight excluding hydrogens is 779 g/mol. The highest BCUT2D eigenvalue weighted by atomic mass is 16.5. The molecule has 0 heterocycles. The average Bonchev–Trinajstić information content (AvgIpc) is 3.28. The Morgan fingerprint density at radius 3 is 1.33 bits per heavy atom. The lowest BCUT2D eigenvalue weighted by Gasteiger charge is -2.24. The molecule has 3 atom stereocenters. The van der Waals surface area contributed by atoms with Gasteiger partial charge in [0, 0.05) is 12.8 Å². The number of allylic oxidation sites excluding steroid dienone is 9. The summed E-state index contributed by atoms with van der Waals surface area (Å²) in [4.78, 5) is 26.1. The number of ether oxygens (including phenoxy) is 1. The van der Waals surface area contributed by atoms with Crippen LogP contribution in [0.2, 0.25) is 0 Å². The van der Waals surface area contributed by atoms with Gasteiger partial charge in [-0.05, 0) is 70.6 Å². The van der Waals surface area contributed by atoms with Crippen molar-refractivity contribution in [3.05, 3.63) is 60.8 Å². The second kappa shape index (κ2) is 50.6. The van der Waals surface area contributed by atoms with Crippen molar-refractivity contribution in [1.29, 1.82) is 0 Å². The number of esters is 1. The highest BCUT2D eigenvalue weighted by Gasteiger charge is 2.23. The number of hydrogen-bond donors (Lipinski definition) is 3. The lowest BCUT2D eigenvalue weighted by atomic mass is 10.0. The molecule has 0 aromatic carbocycles. The lowest BCUT2D eigenvalue weighted by Crippen LogP contribution is -2.46. The van der Waals surface area contributed by atoms with Gasteiger partial charge in [0.1, 0.15) is 6.10 Å². The molecule has 3 unspecified atom stereocenters. The van der Waals surface area contributed by atoms with Crippen molar-refractivity contribution in [2.45, 2.75) is 283 Å². The standard InChI is InChI=1S/C57H103NO5/c1-4-7-10-13-16-19-22-25-28-30-33-36-39-42-45-48-53(63-57(62)50-47-44-41-38-35-32-29-26-23-20-17-14-11-8-5-2)51-56(61)58-54(52-59)55(60)49-46-43-40-37-34-31-27-24-21-18-15-12-9-6-3/h16,19-20,23,25,28,33,36,42,45,53-55,59-60H,4-15,17-18,21-22,24,26-27,29-32,34-35,37-41,43-44,46-52H2,1-3H3,(H,58,61)/b19-16-,23-20-,28-25-,36-33-,45-42-. The molecule has 0 radical (unpaired) electrons. The van der Waals surface area contributed by atoms with Gasteiger partial charge in [-0.15, -0.1) is 0 Å². The van der Waals surface area contributed by atoms with Gasteiger partial charge >= 0.3 is 5.97 Å². The maximum Gasteiger partial charge on any atom is 0.306 e. The third-order valence-electron chi connectivity index (χ3n) is 12.1. The van der Waals surface area contributed by atoms with Crippen LogP contribution in [0.1, 0.15) is 265 Å². The fourth-order valence-corrected chi connectivity index (χ4v) is 7.93. The van der Waals surface area contributed by atoms with E-state index >= 15 is 0 Å². The Hall–Kier alpha value is -2.44. The topological polar surface area (TPSA) is 95.9 Å². The summed E-state index contributed by atoms with van der Waals surface area (Å²) in [5.74, 6) is -0.577. The van der Waals surface area contributed by atoms with Crippen LogP contribution in [0.5, 0.6) is 0 Å². The van der Waals surface area contributed by atoms with Gasteiger partial charge in [0.25, 0.3) is 0 Å². The monoisotopic (exact) mass is 882 g/mol. The van der Waals surface area contributed by atoms with Crippen LogP contribution < -0.4 is 5.32 Å². The van der Waals surface area contributed by atoms with Crippen molar-refractivity contribution >= 4 is 11.9 Å². The number of hydrogen-bond acceptors (Lipinski definition) is 5. The molecule has 0 aromatic heterocycles. The first-order chi connectivity index (χ1) is 31.0. The fraction of sp³-hybridized carbons (Fsp3) is 0.789. The summed E-state index contributed by atoms with van der Waals surface area (Å²) in [5.41, 5.74) is 0. The van der Waals surface area contributed by atoms with E-state index in [9.17, 15) is 19.8 Å². The minimum absolute atomic E-state index is 0.000112. The summed E-state index contributed by atoms with van der Waals surface area (Å²) >= 11 is 0. The van der Waals surface area contributed by atoms with E-state index in [-0.39, 0.29) is 24.9 Å². The van der Waals surface area contributed by atoms with Gasteiger partial charge < -0.3 is 20.3 Å². The number of nitrogens with one attached hydrogen (secondary N) is 1. The SMILES string of the molecule is CCCCC/C=C\C/C=C\C/C=C\C/C=C\CC(CC(=O)NC(CO)C(O)CCCCCCCCCCCCCCCC)OC(=O)CCCCCCCCC/C=C\CCCCCC. The van der Waals surface area contributed by atoms with Crippen LogP contribution in [0.4, 0.5) is 0 Å². The summed E-state index contributed by atoms with van der Waals surface area (Å²) in [6.45, 7) is 6.43. The highest BCUT2D eigenvalue weighted by Crippen LogP contribution is 2.16. The fourth-order valence-electron chi connectivity index (χ4n) is 7.93. The van der Waals surface area contributed by atoms with Crippen LogP contribution in [0.3, 0.4) is 0 Å². The van der Waals surface area contributed by atoms with Gasteiger partial charge in [-0.2, -0.15) is 0 Å². The number of unbranched alkanes of at least 4 members (excludes halogenated alkanes) is 27. The van der Waals surface area contributed by atoms with E-state index < -0.39 is 18.2 Å². The Labute approximate surface area is 390 Å². The molecule has 0 aromatic rings. The summed E-state index contributed by atoms with van der Waals surface area (Å²) in [7, 11) is 0. The Balaban J connectivity index is 4.69. The molecular formula is C57H103NO5. The maximum absolute atomic E-state index is 13.2. The number of rotatable bonds is 48. The maximum atomic E-state index is 13.2. The van der Waals surface area contributed by atoms with E-state index in [0.29, 0.717) is 19.3 Å². The molecule has 366 valence electrons. The predicted molar refractivity (Wildman–Crippen MR) is 273 cm³/mol. The summed E-state index contributed by atoms with van der Waals surface area (Å²) < 4.78 is 5.88. The first-order valence-electron chi connectivity index (χ1n) is 27.0. The minimum atomic E-state index is -0.812. The number of carbonyl (C=O) groups is 2. The normalized spacial score (nSPS) is 13.7. The molecule has 0 spiro atoms. The highest BCUT2D eigenvalue weighted by molar-refractivity contribution is 5.77. The zero-order valence-corrected chi connectivity index (χ0v) is 41.7. The molecule has 1 amide bonds. The van der Waals surface area contributed by atoms with Crippen LogP contribution in [0.25, 0.3) is 0 Å². The molecule has 0 saturated heterocycles. The second-order valence-electron chi connectivity index (χ2n) is 18.3. The molecule has 63 heavy (non-hydrogen) atoms. The van der Waals surface area contributed by atoms with E-state index in [2.05, 4.69) is 80.8 Å². The van der Waals surface area contributed by atoms with Gasteiger partial charge in [-0.3, -0.25) is 9.59 Å². The minimum Gasteiger partial charge on any atom is -0.461 e. The van der Waals surface area contributed by atoms with Crippen molar-refractivity contribution < 1.29 is 24.5 Å². The zero-order valence-electron chi connectivity index (χ0n) is 41.7. The Morgan fingerprint density at radius 2 is 0.841 bits per heavy atom. The molecule has 6 heteroatoms. The van der Waals surface area contributed by atoms with Crippen molar-refractivity contribution in [2.24, 2.45) is 0 Å². The van der Waals surface area contributed by atoms with Crippen molar-refractivity contribution in [1.82, 2.24) is 5.32 Å². The summed E-state index contributed by atoms with van der Waals surface area (Å²) in [5, 5.41) is 23.8. The van der Waals surface area contributed by atoms with Gasteiger partial charge in [0.05, 0.1) is 25.2 Å². The van der Waals surface area contributed by atoms with E-state index in [4.69, 9.17) is 4.74 Å². The predicted octanol–water partition coefficient (Wildman–Crippen LogP) is 16.4. The number of amides is 1. The molecule has 0 aliphatic carbocycles. The molecule has 0 bridgehead atoms. The quantitative estimate of drug-likeness (QED) is 0.0321. The lowest BCUT2D eigenvalue weighted by molar-refractivity contribution is -0.150. The molecule has 0 rings (SSSR count). The van der Waals surface area contributed by atoms with E-state index in [1.165, 1.54) is 161 Å². The van der Waals surface area contributed by atoms with Crippen molar-refractivity contribution in [2.75, 3.05) is 6.61 Å². The molecule has 0 fully saturated rings. The summed E-state index contributed by atoms with van der Waals surface area (Å²) in [6.07, 6.45) is 62.9. The third kappa shape index (κ3) is 45.9. The molecule has 3 N–H and O–H groups in total. The smallest absolute Gasteiger partial charge is 0.306 e. The Kier molecular flexibility index (Phi) is 48.6. The van der Waals surface area contributed by atoms with E-state index in [1.807, 2.05) is 6.08 Å². The van der Waals surface area contributed by atoms with Crippen LogP contribution in [0.15, 0.2) is 60.8 Å². The van der Waals surface area contributed by atoms with Gasteiger partial charge in [-0.25, -0.2) is 0 Å². The van der Waals surface area contributed by atoms with Crippen LogP contribution >= 0.6 is 0 Å². The largest absolute Gasteiger partial charge is 0.461 e. The number of carbonyl (C=O) groups excluding carboxylic acids is 2. The van der Waals surface area contributed by atoms with Gasteiger partial charge in [-0.1, -0.05) is 236 Å². The van der Waals surface area contributed by atoms with Crippen molar-refractivity contribution in [3.8, 4) is 0 Å². The Morgan fingerprint density at radius 1 is 0.476 bits per heavy atom. The first kappa shape index (κ1) is 60.6. The molecule has 6 nitrogen and oxygen atoms in total. The number of aliphatic hydroxyl groups is 2. The van der Waals surface area contributed by atoms with Crippen LogP contribution in [-0.2, 0) is 14.3 Å². The second-order valence-corrected chi connectivity index (χ2v) is 18.3. The van der Waals surface area contributed by atoms with Crippen LogP contribution in [-0.4, -0.2) is 46.9 Å². The average molecular weight is 882 g/mol. The van der Waals surface area contributed by atoms with Gasteiger partial charge in [0.2, 0.25) is 5.91 Å². The molecule has 0 aliphatic heterocycles. The van der Waals surface area contributed by atoms with E-state index in [1.54, 1.807) is 0 Å². The molecule has 0 saturated carbocycles. The van der Waals surface area contributed by atoms with E-state index in [0.717, 1.165) is 57.8 Å². The summed E-state index contributed by atoms with van der Waals surface area (Å²) in [6, 6.07) is -0.732. The van der Waals surface area contributed by atoms with Crippen LogP contribution in [0, 0.1) is 0 Å². The Bertz CT molecular complexity index is 1130. The first-order valence-corrected chi connectivity index (χ1v) is 27.0. The van der Waals surface area contributed by atoms with Gasteiger partial charge in [0.15, 0.2) is 0 Å². The zero-order chi connectivity index (χ0) is 45.9. The van der Waals surface area contributed by atoms with Crippen molar-refractivity contribution in [3.63, 3.8) is 0 Å². The number of aliphatic hydroxyl groups excluding tert-OH is 2. The third-order valence-corrected chi connectivity index (χ3v) is 12.1. The molecule has 0 aliphatic rings.